The van der Waals surface area contributed by atoms with Crippen molar-refractivity contribution in [1.82, 2.24) is 0 Å². The smallest absolute Gasteiger partial charge is 0.258 e. The molecule has 1 heterocycles. The number of hydrogen-bond donors (Lipinski definition) is 1. The van der Waals surface area contributed by atoms with Gasteiger partial charge in [-0.1, -0.05) is 37.9 Å². The van der Waals surface area contributed by atoms with Crippen LogP contribution in [0.1, 0.15) is 21.5 Å². The normalized spacial score (nSPS) is 13.4. The van der Waals surface area contributed by atoms with Gasteiger partial charge in [0.15, 0.2) is 0 Å². The summed E-state index contributed by atoms with van der Waals surface area (Å²) in [5, 5.41) is 0. The Balaban J connectivity index is 2.00. The summed E-state index contributed by atoms with van der Waals surface area (Å²) >= 11 is 6.84. The van der Waals surface area contributed by atoms with Crippen LogP contribution in [-0.2, 0) is 6.42 Å². The van der Waals surface area contributed by atoms with E-state index in [2.05, 4.69) is 37.9 Å². The highest BCUT2D eigenvalue weighted by molar-refractivity contribution is 9.11. The Morgan fingerprint density at radius 2 is 1.81 bits per heavy atom. The van der Waals surface area contributed by atoms with E-state index in [9.17, 15) is 4.79 Å². The average molecular weight is 410 g/mol. The third-order valence-corrected chi connectivity index (χ3v) is 4.63. The topological polar surface area (TPSA) is 46.3 Å². The first-order valence-corrected chi connectivity index (χ1v) is 8.21. The van der Waals surface area contributed by atoms with Crippen molar-refractivity contribution in [3.05, 3.63) is 56.0 Å². The lowest BCUT2D eigenvalue weighted by Crippen LogP contribution is -2.29. The first-order chi connectivity index (χ1) is 9.95. The van der Waals surface area contributed by atoms with Crippen molar-refractivity contribution in [2.45, 2.75) is 13.3 Å². The number of rotatable bonds is 1. The molecule has 1 amide bonds. The van der Waals surface area contributed by atoms with Gasteiger partial charge >= 0.3 is 0 Å². The Hall–Kier alpha value is -1.33. The highest BCUT2D eigenvalue weighted by atomic mass is 79.9. The molecular weight excluding hydrogens is 396 g/mol. The molecule has 1 aliphatic rings. The Labute approximate surface area is 140 Å². The second kappa shape index (κ2) is 5.46. The van der Waals surface area contributed by atoms with Crippen LogP contribution in [-0.4, -0.2) is 12.5 Å². The van der Waals surface area contributed by atoms with Gasteiger partial charge in [-0.15, -0.1) is 0 Å². The molecule has 0 aromatic heterocycles. The van der Waals surface area contributed by atoms with Gasteiger partial charge in [-0.2, -0.15) is 0 Å². The summed E-state index contributed by atoms with van der Waals surface area (Å²) in [7, 11) is 0. The number of carbonyl (C=O) groups is 1. The molecule has 0 spiro atoms. The van der Waals surface area contributed by atoms with E-state index < -0.39 is 0 Å². The Kier molecular flexibility index (Phi) is 3.80. The first-order valence-electron chi connectivity index (χ1n) is 6.62. The standard InChI is InChI=1S/C16H14Br2N2O/c1-9-4-10-2-3-20(15(10)8-14(9)19)16(21)11-5-12(17)7-13(18)6-11/h4-8H,2-3,19H2,1H3. The van der Waals surface area contributed by atoms with E-state index in [0.717, 1.165) is 32.3 Å². The number of benzene rings is 2. The third kappa shape index (κ3) is 2.72. The number of nitrogens with zero attached hydrogens (tertiary/aromatic N) is 1. The second-order valence-corrected chi connectivity index (χ2v) is 7.03. The van der Waals surface area contributed by atoms with Crippen molar-refractivity contribution >= 4 is 49.1 Å². The highest BCUT2D eigenvalue weighted by Crippen LogP contribution is 2.33. The summed E-state index contributed by atoms with van der Waals surface area (Å²) < 4.78 is 1.76. The van der Waals surface area contributed by atoms with Crippen LogP contribution in [0.4, 0.5) is 11.4 Å². The lowest BCUT2D eigenvalue weighted by atomic mass is 10.1. The summed E-state index contributed by atoms with van der Waals surface area (Å²) in [6.45, 7) is 2.69. The number of aryl methyl sites for hydroxylation is 1. The maximum absolute atomic E-state index is 12.8. The molecule has 3 rings (SSSR count). The molecule has 1 aliphatic heterocycles. The SMILES string of the molecule is Cc1cc2c(cc1N)N(C(=O)c1cc(Br)cc(Br)c1)CC2. The van der Waals surface area contributed by atoms with Crippen LogP contribution < -0.4 is 10.6 Å². The first kappa shape index (κ1) is 14.6. The number of amides is 1. The number of fused-ring (bicyclic) bond motifs is 1. The zero-order valence-electron chi connectivity index (χ0n) is 11.5. The largest absolute Gasteiger partial charge is 0.398 e. The summed E-state index contributed by atoms with van der Waals surface area (Å²) in [5.41, 5.74) is 10.5. The average Bonchev–Trinajstić information content (AvgIpc) is 2.80. The van der Waals surface area contributed by atoms with Crippen molar-refractivity contribution in [3.63, 3.8) is 0 Å². The summed E-state index contributed by atoms with van der Waals surface area (Å²) in [6.07, 6.45) is 0.872. The van der Waals surface area contributed by atoms with E-state index in [0.29, 0.717) is 12.1 Å². The predicted octanol–water partition coefficient (Wildman–Crippen LogP) is 4.31. The molecule has 2 aromatic rings. The fraction of sp³-hybridized carbons (Fsp3) is 0.188. The number of carbonyl (C=O) groups excluding carboxylic acids is 1. The summed E-state index contributed by atoms with van der Waals surface area (Å²) in [4.78, 5) is 14.6. The van der Waals surface area contributed by atoms with E-state index in [-0.39, 0.29) is 5.91 Å². The van der Waals surface area contributed by atoms with Gasteiger partial charge in [0.1, 0.15) is 0 Å². The fourth-order valence-corrected chi connectivity index (χ4v) is 3.91. The maximum Gasteiger partial charge on any atom is 0.258 e. The molecule has 0 aliphatic carbocycles. The molecule has 2 aromatic carbocycles. The third-order valence-electron chi connectivity index (χ3n) is 3.72. The van der Waals surface area contributed by atoms with Gasteiger partial charge in [-0.25, -0.2) is 0 Å². The van der Waals surface area contributed by atoms with Gasteiger partial charge in [0.05, 0.1) is 0 Å². The molecule has 0 radical (unpaired) electrons. The molecule has 0 atom stereocenters. The van der Waals surface area contributed by atoms with Crippen molar-refractivity contribution in [3.8, 4) is 0 Å². The number of halogens is 2. The van der Waals surface area contributed by atoms with Crippen molar-refractivity contribution in [1.29, 1.82) is 0 Å². The number of nitrogens with two attached hydrogens (primary N) is 1. The van der Waals surface area contributed by atoms with E-state index in [1.807, 2.05) is 31.2 Å². The molecule has 3 nitrogen and oxygen atoms in total. The molecule has 0 bridgehead atoms. The van der Waals surface area contributed by atoms with E-state index >= 15 is 0 Å². The maximum atomic E-state index is 12.8. The van der Waals surface area contributed by atoms with Crippen molar-refractivity contribution in [2.24, 2.45) is 0 Å². The molecule has 0 fully saturated rings. The molecule has 0 unspecified atom stereocenters. The molecular formula is C16H14Br2N2O. The predicted molar refractivity (Wildman–Crippen MR) is 92.8 cm³/mol. The molecule has 0 saturated heterocycles. The van der Waals surface area contributed by atoms with Crippen LogP contribution in [0.3, 0.4) is 0 Å². The van der Waals surface area contributed by atoms with Gasteiger partial charge in [0.2, 0.25) is 0 Å². The van der Waals surface area contributed by atoms with Crippen LogP contribution in [0.25, 0.3) is 0 Å². The zero-order chi connectivity index (χ0) is 15.1. The summed E-state index contributed by atoms with van der Waals surface area (Å²) in [5.74, 6) is -0.000923. The van der Waals surface area contributed by atoms with E-state index in [1.54, 1.807) is 4.90 Å². The molecule has 0 saturated carbocycles. The van der Waals surface area contributed by atoms with Gasteiger partial charge < -0.3 is 10.6 Å². The van der Waals surface area contributed by atoms with Crippen LogP contribution >= 0.6 is 31.9 Å². The quantitative estimate of drug-likeness (QED) is 0.713. The number of nitrogen functional groups attached to an aromatic ring is 1. The zero-order valence-corrected chi connectivity index (χ0v) is 14.7. The highest BCUT2D eigenvalue weighted by Gasteiger charge is 2.26. The van der Waals surface area contributed by atoms with Gasteiger partial charge in [0, 0.05) is 32.4 Å². The van der Waals surface area contributed by atoms with E-state index in [4.69, 9.17) is 5.73 Å². The van der Waals surface area contributed by atoms with Gasteiger partial charge in [0.25, 0.3) is 5.91 Å². The van der Waals surface area contributed by atoms with Crippen LogP contribution in [0.2, 0.25) is 0 Å². The van der Waals surface area contributed by atoms with Gasteiger partial charge in [-0.3, -0.25) is 4.79 Å². The monoisotopic (exact) mass is 408 g/mol. The minimum absolute atomic E-state index is 0.000923. The Morgan fingerprint density at radius 1 is 1.14 bits per heavy atom. The lowest BCUT2D eigenvalue weighted by molar-refractivity contribution is 0.0989. The molecule has 108 valence electrons. The second-order valence-electron chi connectivity index (χ2n) is 5.20. The van der Waals surface area contributed by atoms with E-state index in [1.165, 1.54) is 5.56 Å². The molecule has 2 N–H and O–H groups in total. The minimum Gasteiger partial charge on any atom is -0.398 e. The van der Waals surface area contributed by atoms with Crippen molar-refractivity contribution < 1.29 is 4.79 Å². The van der Waals surface area contributed by atoms with Crippen LogP contribution in [0.5, 0.6) is 0 Å². The van der Waals surface area contributed by atoms with Crippen LogP contribution in [0, 0.1) is 6.92 Å². The minimum atomic E-state index is -0.000923. The Morgan fingerprint density at radius 3 is 2.48 bits per heavy atom. The van der Waals surface area contributed by atoms with Crippen molar-refractivity contribution in [2.75, 3.05) is 17.2 Å². The number of hydrogen-bond acceptors (Lipinski definition) is 2. The Bertz CT molecular complexity index is 723. The lowest BCUT2D eigenvalue weighted by Gasteiger charge is -2.18. The van der Waals surface area contributed by atoms with Gasteiger partial charge in [-0.05, 0) is 48.7 Å². The molecule has 21 heavy (non-hydrogen) atoms. The fourth-order valence-electron chi connectivity index (χ4n) is 2.62. The number of anilines is 2. The van der Waals surface area contributed by atoms with Crippen LogP contribution in [0.15, 0.2) is 39.3 Å². The molecule has 5 heteroatoms. The summed E-state index contributed by atoms with van der Waals surface area (Å²) in [6, 6.07) is 9.57.